The van der Waals surface area contributed by atoms with Crippen LogP contribution in [0.1, 0.15) is 16.7 Å². The molecule has 0 aliphatic rings. The van der Waals surface area contributed by atoms with E-state index in [1.54, 1.807) is 6.92 Å². The fourth-order valence-electron chi connectivity index (χ4n) is 3.19. The van der Waals surface area contributed by atoms with Gasteiger partial charge in [0.05, 0.1) is 6.42 Å². The van der Waals surface area contributed by atoms with Crippen LogP contribution in [0, 0.1) is 6.92 Å². The van der Waals surface area contributed by atoms with Crippen LogP contribution in [0.3, 0.4) is 0 Å². The minimum Gasteiger partial charge on any atom is -0.361 e. The lowest BCUT2D eigenvalue weighted by molar-refractivity contribution is -0.120. The van der Waals surface area contributed by atoms with E-state index in [2.05, 4.69) is 15.3 Å². The summed E-state index contributed by atoms with van der Waals surface area (Å²) in [5, 5.41) is 5.03. The van der Waals surface area contributed by atoms with Crippen molar-refractivity contribution in [2.24, 2.45) is 0 Å². The largest absolute Gasteiger partial charge is 0.361 e. The molecule has 0 saturated carbocycles. The Morgan fingerprint density at radius 1 is 1.08 bits per heavy atom. The van der Waals surface area contributed by atoms with Crippen LogP contribution in [-0.4, -0.2) is 15.9 Å². The first-order valence-corrected chi connectivity index (χ1v) is 8.54. The maximum absolute atomic E-state index is 12.3. The molecule has 2 aromatic heterocycles. The first kappa shape index (κ1) is 16.1. The Morgan fingerprint density at radius 2 is 1.92 bits per heavy atom. The van der Waals surface area contributed by atoms with E-state index >= 15 is 0 Å². The molecule has 1 amide bonds. The van der Waals surface area contributed by atoms with Gasteiger partial charge in [0.15, 0.2) is 0 Å². The summed E-state index contributed by atoms with van der Waals surface area (Å²) < 4.78 is 0. The maximum atomic E-state index is 12.3. The fourth-order valence-corrected chi connectivity index (χ4v) is 3.19. The molecule has 0 aliphatic heterocycles. The summed E-state index contributed by atoms with van der Waals surface area (Å²) in [7, 11) is 0. The number of rotatable bonds is 4. The van der Waals surface area contributed by atoms with Crippen molar-refractivity contribution in [2.45, 2.75) is 19.9 Å². The Balaban J connectivity index is 1.47. The monoisotopic (exact) mass is 345 g/mol. The normalized spacial score (nSPS) is 11.1. The van der Waals surface area contributed by atoms with Crippen LogP contribution in [0.4, 0.5) is 0 Å². The zero-order chi connectivity index (χ0) is 18.1. The van der Waals surface area contributed by atoms with E-state index in [1.165, 1.54) is 0 Å². The van der Waals surface area contributed by atoms with Gasteiger partial charge in [-0.05, 0) is 47.7 Å². The van der Waals surface area contributed by atoms with Crippen molar-refractivity contribution in [3.8, 4) is 0 Å². The average Bonchev–Trinajstić information content (AvgIpc) is 3.04. The summed E-state index contributed by atoms with van der Waals surface area (Å²) in [6, 6.07) is 15.5. The number of nitrogens with one attached hydrogen (secondary N) is 3. The zero-order valence-electron chi connectivity index (χ0n) is 14.4. The van der Waals surface area contributed by atoms with Crippen molar-refractivity contribution in [1.82, 2.24) is 15.3 Å². The molecule has 0 bridgehead atoms. The Kier molecular flexibility index (Phi) is 4.05. The zero-order valence-corrected chi connectivity index (χ0v) is 14.4. The number of carbonyl (C=O) groups excluding carboxylic acids is 1. The number of aromatic nitrogens is 2. The third-order valence-corrected chi connectivity index (χ3v) is 4.61. The number of carbonyl (C=O) groups is 1. The van der Waals surface area contributed by atoms with E-state index in [4.69, 9.17) is 0 Å². The Bertz CT molecular complexity index is 1170. The second-order valence-electron chi connectivity index (χ2n) is 6.52. The Morgan fingerprint density at radius 3 is 2.81 bits per heavy atom. The van der Waals surface area contributed by atoms with Gasteiger partial charge in [-0.3, -0.25) is 9.59 Å². The van der Waals surface area contributed by atoms with Gasteiger partial charge in [0, 0.05) is 34.7 Å². The van der Waals surface area contributed by atoms with Crippen LogP contribution in [-0.2, 0) is 17.8 Å². The highest BCUT2D eigenvalue weighted by atomic mass is 16.1. The number of aryl methyl sites for hydroxylation is 1. The number of fused-ring (bicyclic) bond motifs is 2. The standard InChI is InChI=1S/C21H19N3O2/c1-13-8-15-9-14(6-7-18(15)24-21(13)26)10-20(25)23-12-16-11-22-19-5-3-2-4-17(16)19/h2-9,11,22H,10,12H2,1H3,(H,23,25)(H,24,26). The van der Waals surface area contributed by atoms with E-state index < -0.39 is 0 Å². The topological polar surface area (TPSA) is 77.8 Å². The molecule has 0 fully saturated rings. The summed E-state index contributed by atoms with van der Waals surface area (Å²) in [5.74, 6) is -0.0317. The van der Waals surface area contributed by atoms with Gasteiger partial charge in [0.2, 0.25) is 5.91 Å². The second kappa shape index (κ2) is 6.52. The van der Waals surface area contributed by atoms with Crippen LogP contribution < -0.4 is 10.9 Å². The van der Waals surface area contributed by atoms with E-state index in [0.717, 1.165) is 32.9 Å². The molecule has 5 heteroatoms. The molecule has 0 saturated heterocycles. The number of pyridine rings is 1. The Hall–Kier alpha value is -3.34. The van der Waals surface area contributed by atoms with Crippen molar-refractivity contribution in [3.63, 3.8) is 0 Å². The Labute approximate surface area is 150 Å². The van der Waals surface area contributed by atoms with Crippen molar-refractivity contribution in [3.05, 3.63) is 81.8 Å². The number of hydrogen-bond acceptors (Lipinski definition) is 2. The van der Waals surface area contributed by atoms with Crippen molar-refractivity contribution in [1.29, 1.82) is 0 Å². The van der Waals surface area contributed by atoms with E-state index in [9.17, 15) is 9.59 Å². The molecule has 2 heterocycles. The molecule has 0 spiro atoms. The SMILES string of the molecule is Cc1cc2cc(CC(=O)NCc3c[nH]c4ccccc34)ccc2[nH]c1=O. The predicted octanol–water partition coefficient (Wildman–Crippen LogP) is 3.18. The second-order valence-corrected chi connectivity index (χ2v) is 6.52. The number of H-pyrrole nitrogens is 2. The molecule has 0 radical (unpaired) electrons. The minimum absolute atomic E-state index is 0.0317. The predicted molar refractivity (Wildman–Crippen MR) is 103 cm³/mol. The molecule has 5 nitrogen and oxygen atoms in total. The summed E-state index contributed by atoms with van der Waals surface area (Å²) >= 11 is 0. The maximum Gasteiger partial charge on any atom is 0.251 e. The molecular formula is C21H19N3O2. The lowest BCUT2D eigenvalue weighted by atomic mass is 10.1. The fraction of sp³-hybridized carbons (Fsp3) is 0.143. The lowest BCUT2D eigenvalue weighted by Gasteiger charge is -2.06. The number of aromatic amines is 2. The van der Waals surface area contributed by atoms with Gasteiger partial charge in [-0.15, -0.1) is 0 Å². The average molecular weight is 345 g/mol. The van der Waals surface area contributed by atoms with E-state index in [-0.39, 0.29) is 11.5 Å². The summed E-state index contributed by atoms with van der Waals surface area (Å²) in [6.45, 7) is 2.27. The molecular weight excluding hydrogens is 326 g/mol. The van der Waals surface area contributed by atoms with Crippen LogP contribution in [0.15, 0.2) is 59.5 Å². The van der Waals surface area contributed by atoms with Crippen LogP contribution >= 0.6 is 0 Å². The molecule has 130 valence electrons. The summed E-state index contributed by atoms with van der Waals surface area (Å²) in [4.78, 5) is 30.0. The third-order valence-electron chi connectivity index (χ3n) is 4.61. The quantitative estimate of drug-likeness (QED) is 0.531. The molecule has 0 atom stereocenters. The van der Waals surface area contributed by atoms with Crippen molar-refractivity contribution in [2.75, 3.05) is 0 Å². The van der Waals surface area contributed by atoms with Gasteiger partial charge in [0.25, 0.3) is 5.56 Å². The first-order chi connectivity index (χ1) is 12.6. The molecule has 0 aliphatic carbocycles. The van der Waals surface area contributed by atoms with Gasteiger partial charge in [-0.25, -0.2) is 0 Å². The highest BCUT2D eigenvalue weighted by Crippen LogP contribution is 2.17. The van der Waals surface area contributed by atoms with Crippen molar-refractivity contribution < 1.29 is 4.79 Å². The number of hydrogen-bond donors (Lipinski definition) is 3. The number of amides is 1. The molecule has 4 aromatic rings. The molecule has 4 rings (SSSR count). The highest BCUT2D eigenvalue weighted by molar-refractivity contribution is 5.85. The molecule has 0 unspecified atom stereocenters. The van der Waals surface area contributed by atoms with E-state index in [0.29, 0.717) is 18.5 Å². The number of para-hydroxylation sites is 1. The van der Waals surface area contributed by atoms with Crippen LogP contribution in [0.5, 0.6) is 0 Å². The van der Waals surface area contributed by atoms with Gasteiger partial charge in [-0.2, -0.15) is 0 Å². The summed E-state index contributed by atoms with van der Waals surface area (Å²) in [5.41, 5.74) is 4.42. The number of benzene rings is 2. The van der Waals surface area contributed by atoms with Gasteiger partial charge in [0.1, 0.15) is 0 Å². The molecule has 3 N–H and O–H groups in total. The first-order valence-electron chi connectivity index (χ1n) is 8.54. The minimum atomic E-state index is -0.0817. The van der Waals surface area contributed by atoms with Crippen LogP contribution in [0.2, 0.25) is 0 Å². The smallest absolute Gasteiger partial charge is 0.251 e. The lowest BCUT2D eigenvalue weighted by Crippen LogP contribution is -2.24. The molecule has 26 heavy (non-hydrogen) atoms. The van der Waals surface area contributed by atoms with Gasteiger partial charge < -0.3 is 15.3 Å². The summed E-state index contributed by atoms with van der Waals surface area (Å²) in [6.07, 6.45) is 2.23. The highest BCUT2D eigenvalue weighted by Gasteiger charge is 2.08. The van der Waals surface area contributed by atoms with Crippen molar-refractivity contribution >= 4 is 27.7 Å². The van der Waals surface area contributed by atoms with E-state index in [1.807, 2.05) is 54.7 Å². The van der Waals surface area contributed by atoms with Gasteiger partial charge >= 0.3 is 0 Å². The molecule has 2 aromatic carbocycles. The van der Waals surface area contributed by atoms with Gasteiger partial charge in [-0.1, -0.05) is 24.3 Å². The van der Waals surface area contributed by atoms with Crippen LogP contribution in [0.25, 0.3) is 21.8 Å². The third kappa shape index (κ3) is 3.11.